The average molecular weight is 214 g/mol. The summed E-state index contributed by atoms with van der Waals surface area (Å²) < 4.78 is 1.56. The maximum atomic E-state index is 9.07. The van der Waals surface area contributed by atoms with Crippen LogP contribution in [-0.4, -0.2) is 14.9 Å². The summed E-state index contributed by atoms with van der Waals surface area (Å²) in [5, 5.41) is 22.1. The van der Waals surface area contributed by atoms with Gasteiger partial charge in [0.25, 0.3) is 0 Å². The zero-order valence-corrected chi connectivity index (χ0v) is 8.75. The molecule has 0 saturated carbocycles. The van der Waals surface area contributed by atoms with Crippen LogP contribution in [0.3, 0.4) is 0 Å². The van der Waals surface area contributed by atoms with Crippen LogP contribution in [0.25, 0.3) is 0 Å². The quantitative estimate of drug-likeness (QED) is 0.825. The lowest BCUT2D eigenvalue weighted by Gasteiger charge is -1.98. The minimum Gasteiger partial charge on any atom is -0.391 e. The SMILES string of the molecule is CCc1nn(CCC#N)c(Cl)c1CO. The van der Waals surface area contributed by atoms with Crippen molar-refractivity contribution in [2.24, 2.45) is 0 Å². The van der Waals surface area contributed by atoms with E-state index in [4.69, 9.17) is 22.0 Å². The molecule has 0 atom stereocenters. The highest BCUT2D eigenvalue weighted by Crippen LogP contribution is 2.20. The Labute approximate surface area is 87.7 Å². The van der Waals surface area contributed by atoms with Crippen molar-refractivity contribution in [3.8, 4) is 6.07 Å². The molecule has 1 rings (SSSR count). The number of aliphatic hydroxyl groups is 1. The third-order valence-corrected chi connectivity index (χ3v) is 2.42. The van der Waals surface area contributed by atoms with Crippen molar-refractivity contribution < 1.29 is 5.11 Å². The van der Waals surface area contributed by atoms with Crippen LogP contribution in [0.15, 0.2) is 0 Å². The summed E-state index contributed by atoms with van der Waals surface area (Å²) >= 11 is 5.98. The van der Waals surface area contributed by atoms with E-state index in [1.54, 1.807) is 4.68 Å². The van der Waals surface area contributed by atoms with E-state index in [0.29, 0.717) is 23.7 Å². The summed E-state index contributed by atoms with van der Waals surface area (Å²) in [7, 11) is 0. The molecule has 0 unspecified atom stereocenters. The van der Waals surface area contributed by atoms with Crippen molar-refractivity contribution in [2.45, 2.75) is 32.9 Å². The fourth-order valence-electron chi connectivity index (χ4n) is 1.27. The van der Waals surface area contributed by atoms with Crippen LogP contribution in [0.2, 0.25) is 5.15 Å². The molecule has 0 aliphatic carbocycles. The fraction of sp³-hybridized carbons (Fsp3) is 0.556. The van der Waals surface area contributed by atoms with E-state index in [2.05, 4.69) is 5.10 Å². The molecule has 1 N–H and O–H groups in total. The number of nitrogens with zero attached hydrogens (tertiary/aromatic N) is 3. The number of rotatable bonds is 4. The first-order valence-electron chi connectivity index (χ1n) is 4.46. The third kappa shape index (κ3) is 2.06. The van der Waals surface area contributed by atoms with Crippen LogP contribution in [0.1, 0.15) is 24.6 Å². The first-order valence-corrected chi connectivity index (χ1v) is 4.84. The number of halogens is 1. The zero-order valence-electron chi connectivity index (χ0n) is 8.00. The molecule has 0 bridgehead atoms. The van der Waals surface area contributed by atoms with Gasteiger partial charge in [-0.05, 0) is 6.42 Å². The monoisotopic (exact) mass is 213 g/mol. The van der Waals surface area contributed by atoms with Crippen LogP contribution in [0.4, 0.5) is 0 Å². The average Bonchev–Trinajstić information content (AvgIpc) is 2.51. The molecule has 5 heteroatoms. The van der Waals surface area contributed by atoms with E-state index in [1.165, 1.54) is 0 Å². The Kier molecular flexibility index (Phi) is 3.93. The van der Waals surface area contributed by atoms with Crippen LogP contribution in [0.5, 0.6) is 0 Å². The van der Waals surface area contributed by atoms with Crippen LogP contribution in [-0.2, 0) is 19.6 Å². The highest BCUT2D eigenvalue weighted by Gasteiger charge is 2.13. The topological polar surface area (TPSA) is 61.8 Å². The summed E-state index contributed by atoms with van der Waals surface area (Å²) in [6.07, 6.45) is 1.10. The Morgan fingerprint density at radius 1 is 1.64 bits per heavy atom. The van der Waals surface area contributed by atoms with Crippen molar-refractivity contribution in [2.75, 3.05) is 0 Å². The van der Waals surface area contributed by atoms with E-state index in [0.717, 1.165) is 12.1 Å². The third-order valence-electron chi connectivity index (χ3n) is 1.99. The molecule has 1 aromatic rings. The van der Waals surface area contributed by atoms with Gasteiger partial charge in [-0.25, -0.2) is 0 Å². The predicted octanol–water partition coefficient (Wildman–Crippen LogP) is 1.50. The second-order valence-corrected chi connectivity index (χ2v) is 3.22. The van der Waals surface area contributed by atoms with Crippen molar-refractivity contribution in [1.29, 1.82) is 5.26 Å². The van der Waals surface area contributed by atoms with Crippen LogP contribution >= 0.6 is 11.6 Å². The number of aromatic nitrogens is 2. The molecule has 14 heavy (non-hydrogen) atoms. The van der Waals surface area contributed by atoms with E-state index in [1.807, 2.05) is 13.0 Å². The lowest BCUT2D eigenvalue weighted by atomic mass is 10.2. The lowest BCUT2D eigenvalue weighted by molar-refractivity contribution is 0.280. The second-order valence-electron chi connectivity index (χ2n) is 2.86. The molecular formula is C9H12ClN3O. The normalized spacial score (nSPS) is 10.1. The standard InChI is InChI=1S/C9H12ClN3O/c1-2-8-7(6-14)9(10)13(12-8)5-3-4-11/h14H,2-3,5-6H2,1H3. The molecule has 0 amide bonds. The van der Waals surface area contributed by atoms with E-state index >= 15 is 0 Å². The van der Waals surface area contributed by atoms with Crippen molar-refractivity contribution in [3.63, 3.8) is 0 Å². The molecule has 0 spiro atoms. The summed E-state index contributed by atoms with van der Waals surface area (Å²) in [6, 6.07) is 2.03. The summed E-state index contributed by atoms with van der Waals surface area (Å²) in [5.41, 5.74) is 1.47. The molecule has 0 aliphatic rings. The number of aryl methyl sites for hydroxylation is 2. The maximum absolute atomic E-state index is 9.07. The molecule has 1 aromatic heterocycles. The Balaban J connectivity index is 2.96. The van der Waals surface area contributed by atoms with Gasteiger partial charge in [0.05, 0.1) is 31.3 Å². The van der Waals surface area contributed by atoms with Gasteiger partial charge in [-0.3, -0.25) is 4.68 Å². The number of nitriles is 1. The predicted molar refractivity (Wildman–Crippen MR) is 52.8 cm³/mol. The highest BCUT2D eigenvalue weighted by atomic mass is 35.5. The number of aliphatic hydroxyl groups excluding tert-OH is 1. The van der Waals surface area contributed by atoms with Crippen LogP contribution in [0, 0.1) is 11.3 Å². The van der Waals surface area contributed by atoms with Crippen molar-refractivity contribution in [3.05, 3.63) is 16.4 Å². The Morgan fingerprint density at radius 2 is 2.36 bits per heavy atom. The summed E-state index contributed by atoms with van der Waals surface area (Å²) in [6.45, 7) is 2.32. The Hall–Kier alpha value is -1.05. The first kappa shape index (κ1) is 11.0. The molecule has 0 aliphatic heterocycles. The van der Waals surface area contributed by atoms with Gasteiger partial charge in [-0.15, -0.1) is 0 Å². The van der Waals surface area contributed by atoms with Gasteiger partial charge in [0.15, 0.2) is 0 Å². The molecule has 0 aromatic carbocycles. The molecule has 0 radical (unpaired) electrons. The smallest absolute Gasteiger partial charge is 0.132 e. The molecule has 0 saturated heterocycles. The summed E-state index contributed by atoms with van der Waals surface area (Å²) in [5.74, 6) is 0. The maximum Gasteiger partial charge on any atom is 0.132 e. The van der Waals surface area contributed by atoms with Gasteiger partial charge < -0.3 is 5.11 Å². The van der Waals surface area contributed by atoms with E-state index < -0.39 is 0 Å². The second kappa shape index (κ2) is 4.99. The minimum atomic E-state index is -0.103. The molecular weight excluding hydrogens is 202 g/mol. The summed E-state index contributed by atoms with van der Waals surface area (Å²) in [4.78, 5) is 0. The van der Waals surface area contributed by atoms with Gasteiger partial charge in [0.1, 0.15) is 5.15 Å². The van der Waals surface area contributed by atoms with E-state index in [-0.39, 0.29) is 6.61 Å². The first-order chi connectivity index (χ1) is 6.74. The number of hydrogen-bond acceptors (Lipinski definition) is 3. The highest BCUT2D eigenvalue weighted by molar-refractivity contribution is 6.30. The Bertz CT molecular complexity index is 354. The molecule has 4 nitrogen and oxygen atoms in total. The molecule has 76 valence electrons. The van der Waals surface area contributed by atoms with Crippen molar-refractivity contribution in [1.82, 2.24) is 9.78 Å². The number of hydrogen-bond donors (Lipinski definition) is 1. The van der Waals surface area contributed by atoms with Gasteiger partial charge in [-0.2, -0.15) is 10.4 Å². The van der Waals surface area contributed by atoms with Gasteiger partial charge in [-0.1, -0.05) is 18.5 Å². The van der Waals surface area contributed by atoms with E-state index in [9.17, 15) is 0 Å². The lowest BCUT2D eigenvalue weighted by Crippen LogP contribution is -1.99. The Morgan fingerprint density at radius 3 is 2.79 bits per heavy atom. The van der Waals surface area contributed by atoms with Crippen molar-refractivity contribution >= 4 is 11.6 Å². The fourth-order valence-corrected chi connectivity index (χ4v) is 1.56. The van der Waals surface area contributed by atoms with Gasteiger partial charge in [0.2, 0.25) is 0 Å². The van der Waals surface area contributed by atoms with Crippen LogP contribution < -0.4 is 0 Å². The van der Waals surface area contributed by atoms with Gasteiger partial charge >= 0.3 is 0 Å². The minimum absolute atomic E-state index is 0.103. The zero-order chi connectivity index (χ0) is 10.6. The molecule has 1 heterocycles. The largest absolute Gasteiger partial charge is 0.391 e. The molecule has 0 fully saturated rings. The van der Waals surface area contributed by atoms with Gasteiger partial charge in [0, 0.05) is 5.56 Å².